The SMILES string of the molecule is CCCCCN(C)C(=O)c1ccncc1NN. The lowest BCUT2D eigenvalue weighted by Gasteiger charge is -2.18. The van der Waals surface area contributed by atoms with Gasteiger partial charge in [-0.05, 0) is 12.5 Å². The maximum absolute atomic E-state index is 12.1. The lowest BCUT2D eigenvalue weighted by molar-refractivity contribution is 0.0793. The Hall–Kier alpha value is -1.62. The van der Waals surface area contributed by atoms with E-state index in [1.165, 1.54) is 0 Å². The van der Waals surface area contributed by atoms with Crippen molar-refractivity contribution in [2.24, 2.45) is 5.84 Å². The first kappa shape index (κ1) is 13.4. The number of hydrogen-bond acceptors (Lipinski definition) is 4. The molecule has 0 aliphatic carbocycles. The normalized spacial score (nSPS) is 10.1. The Morgan fingerprint density at radius 2 is 2.29 bits per heavy atom. The van der Waals surface area contributed by atoms with E-state index in [2.05, 4.69) is 17.3 Å². The van der Waals surface area contributed by atoms with Gasteiger partial charge in [-0.25, -0.2) is 0 Å². The number of nitrogens with two attached hydrogens (primary N) is 1. The second-order valence-electron chi connectivity index (χ2n) is 4.00. The summed E-state index contributed by atoms with van der Waals surface area (Å²) in [6.45, 7) is 2.90. The number of amides is 1. The van der Waals surface area contributed by atoms with Crippen LogP contribution in [0.4, 0.5) is 5.69 Å². The molecule has 1 aromatic heterocycles. The molecule has 1 heterocycles. The molecular weight excluding hydrogens is 216 g/mol. The summed E-state index contributed by atoms with van der Waals surface area (Å²) in [4.78, 5) is 17.8. The third kappa shape index (κ3) is 3.71. The average Bonchev–Trinajstić information content (AvgIpc) is 2.38. The number of nitrogens with one attached hydrogen (secondary N) is 1. The zero-order valence-corrected chi connectivity index (χ0v) is 10.4. The summed E-state index contributed by atoms with van der Waals surface area (Å²) in [7, 11) is 1.80. The molecule has 94 valence electrons. The topological polar surface area (TPSA) is 71.2 Å². The van der Waals surface area contributed by atoms with Crippen molar-refractivity contribution in [1.29, 1.82) is 0 Å². The van der Waals surface area contributed by atoms with Crippen molar-refractivity contribution >= 4 is 11.6 Å². The molecule has 1 aromatic rings. The predicted molar refractivity (Wildman–Crippen MR) is 68.5 cm³/mol. The number of carbonyl (C=O) groups is 1. The molecule has 0 saturated heterocycles. The van der Waals surface area contributed by atoms with E-state index < -0.39 is 0 Å². The maximum Gasteiger partial charge on any atom is 0.255 e. The summed E-state index contributed by atoms with van der Waals surface area (Å²) < 4.78 is 0. The molecule has 1 amide bonds. The summed E-state index contributed by atoms with van der Waals surface area (Å²) in [5.41, 5.74) is 3.60. The zero-order valence-electron chi connectivity index (χ0n) is 10.4. The van der Waals surface area contributed by atoms with Gasteiger partial charge in [0.2, 0.25) is 0 Å². The number of hydrazine groups is 1. The van der Waals surface area contributed by atoms with Crippen LogP contribution in [-0.4, -0.2) is 29.4 Å². The van der Waals surface area contributed by atoms with Crippen molar-refractivity contribution in [3.8, 4) is 0 Å². The molecular formula is C12H20N4O. The standard InChI is InChI=1S/C12H20N4O/c1-3-4-5-8-16(2)12(17)10-6-7-14-9-11(10)15-13/h6-7,9,15H,3-5,8,13H2,1-2H3. The van der Waals surface area contributed by atoms with Crippen LogP contribution in [0.3, 0.4) is 0 Å². The lowest BCUT2D eigenvalue weighted by atomic mass is 10.2. The van der Waals surface area contributed by atoms with Crippen molar-refractivity contribution in [1.82, 2.24) is 9.88 Å². The Bertz CT molecular complexity index is 367. The monoisotopic (exact) mass is 236 g/mol. The van der Waals surface area contributed by atoms with Crippen LogP contribution in [0, 0.1) is 0 Å². The number of carbonyl (C=O) groups excluding carboxylic acids is 1. The molecule has 5 heteroatoms. The first-order valence-electron chi connectivity index (χ1n) is 5.86. The Morgan fingerprint density at radius 1 is 1.53 bits per heavy atom. The molecule has 0 bridgehead atoms. The fraction of sp³-hybridized carbons (Fsp3) is 0.500. The number of pyridine rings is 1. The summed E-state index contributed by atoms with van der Waals surface area (Å²) in [5, 5.41) is 0. The summed E-state index contributed by atoms with van der Waals surface area (Å²) in [5.74, 6) is 5.32. The zero-order chi connectivity index (χ0) is 12.7. The molecule has 0 fully saturated rings. The minimum atomic E-state index is -0.0311. The highest BCUT2D eigenvalue weighted by molar-refractivity contribution is 5.99. The molecule has 0 spiro atoms. The van der Waals surface area contributed by atoms with Gasteiger partial charge in [0, 0.05) is 19.8 Å². The van der Waals surface area contributed by atoms with E-state index in [9.17, 15) is 4.79 Å². The van der Waals surface area contributed by atoms with Crippen LogP contribution in [0.1, 0.15) is 36.5 Å². The van der Waals surface area contributed by atoms with Crippen LogP contribution in [0.25, 0.3) is 0 Å². The van der Waals surface area contributed by atoms with E-state index in [4.69, 9.17) is 5.84 Å². The fourth-order valence-electron chi connectivity index (χ4n) is 1.60. The van der Waals surface area contributed by atoms with Crippen LogP contribution in [0.2, 0.25) is 0 Å². The molecule has 0 aliphatic rings. The Morgan fingerprint density at radius 3 is 2.94 bits per heavy atom. The second kappa shape index (κ2) is 6.85. The Balaban J connectivity index is 2.67. The van der Waals surface area contributed by atoms with Gasteiger partial charge in [-0.2, -0.15) is 0 Å². The minimum absolute atomic E-state index is 0.0311. The van der Waals surface area contributed by atoms with Crippen molar-refractivity contribution in [3.05, 3.63) is 24.0 Å². The average molecular weight is 236 g/mol. The second-order valence-corrected chi connectivity index (χ2v) is 4.00. The van der Waals surface area contributed by atoms with Gasteiger partial charge in [0.05, 0.1) is 17.4 Å². The number of anilines is 1. The fourth-order valence-corrected chi connectivity index (χ4v) is 1.60. The number of hydrogen-bond donors (Lipinski definition) is 2. The van der Waals surface area contributed by atoms with Gasteiger partial charge in [0.25, 0.3) is 5.91 Å². The molecule has 0 aromatic carbocycles. The number of rotatable bonds is 6. The van der Waals surface area contributed by atoms with E-state index in [0.29, 0.717) is 11.3 Å². The predicted octanol–water partition coefficient (Wildman–Crippen LogP) is 1.63. The third-order valence-electron chi connectivity index (χ3n) is 2.65. The van der Waals surface area contributed by atoms with Crippen molar-refractivity contribution in [3.63, 3.8) is 0 Å². The van der Waals surface area contributed by atoms with E-state index in [0.717, 1.165) is 25.8 Å². The van der Waals surface area contributed by atoms with E-state index in [-0.39, 0.29) is 5.91 Å². The number of nitrogens with zero attached hydrogens (tertiary/aromatic N) is 2. The number of nitrogen functional groups attached to an aromatic ring is 1. The lowest BCUT2D eigenvalue weighted by Crippen LogP contribution is -2.29. The molecule has 3 N–H and O–H groups in total. The first-order valence-corrected chi connectivity index (χ1v) is 5.86. The molecule has 1 rings (SSSR count). The Labute approximate surface area is 102 Å². The maximum atomic E-state index is 12.1. The highest BCUT2D eigenvalue weighted by Gasteiger charge is 2.14. The van der Waals surface area contributed by atoms with Crippen LogP contribution < -0.4 is 11.3 Å². The Kier molecular flexibility index (Phi) is 5.42. The van der Waals surface area contributed by atoms with E-state index in [1.807, 2.05) is 0 Å². The molecule has 0 saturated carbocycles. The van der Waals surface area contributed by atoms with Gasteiger partial charge in [-0.15, -0.1) is 0 Å². The van der Waals surface area contributed by atoms with Crippen molar-refractivity contribution in [2.45, 2.75) is 26.2 Å². The van der Waals surface area contributed by atoms with Crippen LogP contribution >= 0.6 is 0 Å². The smallest absolute Gasteiger partial charge is 0.255 e. The van der Waals surface area contributed by atoms with Crippen LogP contribution in [0.15, 0.2) is 18.5 Å². The van der Waals surface area contributed by atoms with Crippen LogP contribution in [0.5, 0.6) is 0 Å². The van der Waals surface area contributed by atoms with Crippen molar-refractivity contribution < 1.29 is 4.79 Å². The number of aromatic nitrogens is 1. The van der Waals surface area contributed by atoms with Gasteiger partial charge in [0.15, 0.2) is 0 Å². The highest BCUT2D eigenvalue weighted by Crippen LogP contribution is 2.14. The molecule has 0 unspecified atom stereocenters. The number of unbranched alkanes of at least 4 members (excludes halogenated alkanes) is 2. The van der Waals surface area contributed by atoms with Gasteiger partial charge < -0.3 is 10.3 Å². The highest BCUT2D eigenvalue weighted by atomic mass is 16.2. The first-order chi connectivity index (χ1) is 8.20. The van der Waals surface area contributed by atoms with Crippen molar-refractivity contribution in [2.75, 3.05) is 19.0 Å². The largest absolute Gasteiger partial charge is 0.342 e. The van der Waals surface area contributed by atoms with Gasteiger partial charge >= 0.3 is 0 Å². The van der Waals surface area contributed by atoms with E-state index in [1.54, 1.807) is 30.4 Å². The van der Waals surface area contributed by atoms with Gasteiger partial charge in [-0.1, -0.05) is 19.8 Å². The third-order valence-corrected chi connectivity index (χ3v) is 2.65. The van der Waals surface area contributed by atoms with Crippen LogP contribution in [-0.2, 0) is 0 Å². The minimum Gasteiger partial charge on any atom is -0.342 e. The summed E-state index contributed by atoms with van der Waals surface area (Å²) in [6.07, 6.45) is 6.44. The summed E-state index contributed by atoms with van der Waals surface area (Å²) >= 11 is 0. The van der Waals surface area contributed by atoms with Gasteiger partial charge in [-0.3, -0.25) is 15.6 Å². The molecule has 0 atom stereocenters. The molecule has 0 aliphatic heterocycles. The molecule has 17 heavy (non-hydrogen) atoms. The molecule has 0 radical (unpaired) electrons. The van der Waals surface area contributed by atoms with E-state index >= 15 is 0 Å². The van der Waals surface area contributed by atoms with Gasteiger partial charge in [0.1, 0.15) is 0 Å². The quantitative estimate of drug-likeness (QED) is 0.447. The molecule has 5 nitrogen and oxygen atoms in total. The summed E-state index contributed by atoms with van der Waals surface area (Å²) in [6, 6.07) is 1.67.